The second-order valence-electron chi connectivity index (χ2n) is 7.33. The van der Waals surface area contributed by atoms with Crippen LogP contribution in [0.5, 0.6) is 0 Å². The van der Waals surface area contributed by atoms with Gasteiger partial charge in [0.15, 0.2) is 0 Å². The summed E-state index contributed by atoms with van der Waals surface area (Å²) >= 11 is 6.08. The summed E-state index contributed by atoms with van der Waals surface area (Å²) in [6.07, 6.45) is 5.20. The molecule has 1 aliphatic heterocycles. The first-order valence-electron chi connectivity index (χ1n) is 9.56. The Morgan fingerprint density at radius 3 is 2.67 bits per heavy atom. The second-order valence-corrected chi connectivity index (χ2v) is 7.77. The van der Waals surface area contributed by atoms with Gasteiger partial charge in [0.25, 0.3) is 0 Å². The maximum atomic E-state index is 6.08. The third-order valence-corrected chi connectivity index (χ3v) is 5.94. The minimum Gasteiger partial charge on any atom is -0.369 e. The Morgan fingerprint density at radius 1 is 0.889 bits per heavy atom. The number of H-pyrrole nitrogens is 2. The molecular formula is C22H23ClN4. The van der Waals surface area contributed by atoms with E-state index in [9.17, 15) is 0 Å². The number of halogens is 1. The molecule has 4 aromatic rings. The molecule has 0 radical (unpaired) electrons. The number of aromatic nitrogens is 2. The quantitative estimate of drug-likeness (QED) is 0.541. The van der Waals surface area contributed by atoms with E-state index in [0.717, 1.165) is 49.7 Å². The van der Waals surface area contributed by atoms with Crippen LogP contribution in [-0.2, 0) is 6.42 Å². The number of benzene rings is 2. The molecule has 5 heteroatoms. The van der Waals surface area contributed by atoms with E-state index >= 15 is 0 Å². The fraction of sp³-hybridized carbons (Fsp3) is 0.273. The van der Waals surface area contributed by atoms with Gasteiger partial charge >= 0.3 is 0 Å². The second kappa shape index (κ2) is 6.95. The lowest BCUT2D eigenvalue weighted by atomic mass is 10.1. The van der Waals surface area contributed by atoms with E-state index in [1.165, 1.54) is 27.5 Å². The number of anilines is 1. The molecule has 0 atom stereocenters. The summed E-state index contributed by atoms with van der Waals surface area (Å²) in [7, 11) is 0. The number of nitrogens with one attached hydrogen (secondary N) is 2. The van der Waals surface area contributed by atoms with Crippen LogP contribution < -0.4 is 4.90 Å². The zero-order valence-corrected chi connectivity index (χ0v) is 16.0. The summed E-state index contributed by atoms with van der Waals surface area (Å²) in [6.45, 7) is 5.47. The average molecular weight is 379 g/mol. The van der Waals surface area contributed by atoms with Crippen molar-refractivity contribution in [1.29, 1.82) is 0 Å². The minimum absolute atomic E-state index is 0.782. The van der Waals surface area contributed by atoms with Crippen molar-refractivity contribution in [3.8, 4) is 0 Å². The maximum Gasteiger partial charge on any atom is 0.0474 e. The van der Waals surface area contributed by atoms with Crippen molar-refractivity contribution in [2.24, 2.45) is 0 Å². The lowest BCUT2D eigenvalue weighted by Crippen LogP contribution is -2.47. The summed E-state index contributed by atoms with van der Waals surface area (Å²) in [5.74, 6) is 0. The largest absolute Gasteiger partial charge is 0.369 e. The number of aromatic amines is 2. The first-order valence-corrected chi connectivity index (χ1v) is 9.94. The molecule has 4 nitrogen and oxygen atoms in total. The van der Waals surface area contributed by atoms with Crippen LogP contribution in [0.15, 0.2) is 54.9 Å². The van der Waals surface area contributed by atoms with Gasteiger partial charge in [-0.05, 0) is 47.7 Å². The lowest BCUT2D eigenvalue weighted by molar-refractivity contribution is 0.261. The molecule has 3 heterocycles. The Balaban J connectivity index is 1.20. The molecule has 0 aliphatic carbocycles. The van der Waals surface area contributed by atoms with Crippen molar-refractivity contribution in [3.05, 3.63) is 65.4 Å². The predicted octanol–water partition coefficient (Wildman–Crippen LogP) is 4.67. The van der Waals surface area contributed by atoms with Gasteiger partial charge in [-0.15, -0.1) is 0 Å². The summed E-state index contributed by atoms with van der Waals surface area (Å²) < 4.78 is 0. The van der Waals surface area contributed by atoms with Crippen LogP contribution in [0.1, 0.15) is 5.56 Å². The molecule has 27 heavy (non-hydrogen) atoms. The number of rotatable bonds is 4. The van der Waals surface area contributed by atoms with Gasteiger partial charge in [-0.1, -0.05) is 23.7 Å². The molecule has 0 amide bonds. The lowest BCUT2D eigenvalue weighted by Gasteiger charge is -2.36. The highest BCUT2D eigenvalue weighted by molar-refractivity contribution is 6.31. The number of hydrogen-bond donors (Lipinski definition) is 2. The number of nitrogens with zero attached hydrogens (tertiary/aromatic N) is 2. The van der Waals surface area contributed by atoms with E-state index in [1.807, 2.05) is 18.3 Å². The van der Waals surface area contributed by atoms with Crippen LogP contribution in [0, 0.1) is 0 Å². The van der Waals surface area contributed by atoms with Gasteiger partial charge in [0, 0.05) is 72.2 Å². The van der Waals surface area contributed by atoms with Gasteiger partial charge in [-0.3, -0.25) is 4.90 Å². The topological polar surface area (TPSA) is 38.1 Å². The van der Waals surface area contributed by atoms with Crippen LogP contribution in [0.25, 0.3) is 21.8 Å². The highest BCUT2D eigenvalue weighted by Crippen LogP contribution is 2.24. The number of hydrogen-bond acceptors (Lipinski definition) is 2. The molecule has 2 N–H and O–H groups in total. The Morgan fingerprint density at radius 2 is 1.78 bits per heavy atom. The monoisotopic (exact) mass is 378 g/mol. The SMILES string of the molecule is Clc1ccc2c(CCN3CCN(c4ccc5cc[nH]c5c4)CC3)c[nH]c2c1. The maximum absolute atomic E-state index is 6.08. The average Bonchev–Trinajstić information content (AvgIpc) is 3.32. The van der Waals surface area contributed by atoms with Gasteiger partial charge < -0.3 is 14.9 Å². The molecule has 2 aromatic carbocycles. The first-order chi connectivity index (χ1) is 13.3. The van der Waals surface area contributed by atoms with Crippen LogP contribution in [0.3, 0.4) is 0 Å². The van der Waals surface area contributed by atoms with Crippen molar-refractivity contribution in [1.82, 2.24) is 14.9 Å². The summed E-state index contributed by atoms with van der Waals surface area (Å²) in [6, 6.07) is 14.9. The molecule has 138 valence electrons. The zero-order valence-electron chi connectivity index (χ0n) is 15.2. The highest BCUT2D eigenvalue weighted by Gasteiger charge is 2.18. The Kier molecular flexibility index (Phi) is 4.30. The van der Waals surface area contributed by atoms with Gasteiger partial charge in [0.2, 0.25) is 0 Å². The summed E-state index contributed by atoms with van der Waals surface area (Å²) in [5, 5.41) is 3.35. The van der Waals surface area contributed by atoms with Crippen LogP contribution >= 0.6 is 11.6 Å². The van der Waals surface area contributed by atoms with E-state index in [0.29, 0.717) is 0 Å². The standard InChI is InChI=1S/C22H23ClN4/c23-18-2-4-20-17(15-25-22(20)13-18)6-8-26-9-11-27(12-10-26)19-3-1-16-5-7-24-21(16)14-19/h1-5,7,13-15,24-25H,6,8-12H2. The Hall–Kier alpha value is -2.43. The van der Waals surface area contributed by atoms with Crippen LogP contribution in [0.4, 0.5) is 5.69 Å². The molecule has 0 saturated carbocycles. The van der Waals surface area contributed by atoms with Gasteiger partial charge in [-0.2, -0.15) is 0 Å². The normalized spacial score (nSPS) is 15.8. The molecule has 0 unspecified atom stereocenters. The minimum atomic E-state index is 0.782. The van der Waals surface area contributed by atoms with Gasteiger partial charge in [0.1, 0.15) is 0 Å². The van der Waals surface area contributed by atoms with Crippen LogP contribution in [0.2, 0.25) is 5.02 Å². The molecule has 0 bridgehead atoms. The Bertz CT molecular complexity index is 1070. The fourth-order valence-corrected chi connectivity index (χ4v) is 4.28. The van der Waals surface area contributed by atoms with Crippen LogP contribution in [-0.4, -0.2) is 47.6 Å². The number of piperazine rings is 1. The van der Waals surface area contributed by atoms with Crippen molar-refractivity contribution in [2.45, 2.75) is 6.42 Å². The van der Waals surface area contributed by atoms with Crippen molar-refractivity contribution >= 4 is 39.1 Å². The Labute approximate surface area is 163 Å². The third-order valence-electron chi connectivity index (χ3n) is 5.70. The van der Waals surface area contributed by atoms with Gasteiger partial charge in [-0.25, -0.2) is 0 Å². The molecule has 0 spiro atoms. The molecule has 1 fully saturated rings. The number of fused-ring (bicyclic) bond motifs is 2. The molecular weight excluding hydrogens is 356 g/mol. The summed E-state index contributed by atoms with van der Waals surface area (Å²) in [4.78, 5) is 11.7. The van der Waals surface area contributed by atoms with E-state index in [1.54, 1.807) is 0 Å². The van der Waals surface area contributed by atoms with Crippen molar-refractivity contribution < 1.29 is 0 Å². The van der Waals surface area contributed by atoms with E-state index in [2.05, 4.69) is 56.3 Å². The van der Waals surface area contributed by atoms with Crippen molar-refractivity contribution in [3.63, 3.8) is 0 Å². The summed E-state index contributed by atoms with van der Waals surface area (Å²) in [5.41, 5.74) is 5.04. The fourth-order valence-electron chi connectivity index (χ4n) is 4.11. The van der Waals surface area contributed by atoms with E-state index in [4.69, 9.17) is 11.6 Å². The molecule has 1 saturated heterocycles. The highest BCUT2D eigenvalue weighted by atomic mass is 35.5. The smallest absolute Gasteiger partial charge is 0.0474 e. The molecule has 1 aliphatic rings. The van der Waals surface area contributed by atoms with Crippen molar-refractivity contribution in [2.75, 3.05) is 37.6 Å². The molecule has 2 aromatic heterocycles. The zero-order chi connectivity index (χ0) is 18.2. The van der Waals surface area contributed by atoms with E-state index in [-0.39, 0.29) is 0 Å². The first kappa shape index (κ1) is 16.7. The van der Waals surface area contributed by atoms with E-state index < -0.39 is 0 Å². The third kappa shape index (κ3) is 3.31. The predicted molar refractivity (Wildman–Crippen MR) is 114 cm³/mol. The molecule has 5 rings (SSSR count). The van der Waals surface area contributed by atoms with Gasteiger partial charge in [0.05, 0.1) is 0 Å².